The standard InChI is InChI=1S/C11H9F2N3O/c1-6-4-7(9(13)5-8(6)12)10(17)16-11-14-2-3-15-11/h2-5H,1H3,(H2,14,15,16,17). The van der Waals surface area contributed by atoms with Gasteiger partial charge in [0.2, 0.25) is 5.95 Å². The lowest BCUT2D eigenvalue weighted by Gasteiger charge is -2.05. The predicted molar refractivity (Wildman–Crippen MR) is 57.6 cm³/mol. The lowest BCUT2D eigenvalue weighted by molar-refractivity contribution is 0.102. The number of aromatic nitrogens is 2. The van der Waals surface area contributed by atoms with Gasteiger partial charge in [-0.1, -0.05) is 0 Å². The number of H-pyrrole nitrogens is 1. The van der Waals surface area contributed by atoms with Crippen molar-refractivity contribution in [3.05, 3.63) is 47.3 Å². The van der Waals surface area contributed by atoms with Gasteiger partial charge in [0.05, 0.1) is 5.56 Å². The first kappa shape index (κ1) is 11.3. The zero-order chi connectivity index (χ0) is 12.4. The zero-order valence-corrected chi connectivity index (χ0v) is 8.92. The number of amides is 1. The zero-order valence-electron chi connectivity index (χ0n) is 8.92. The summed E-state index contributed by atoms with van der Waals surface area (Å²) in [6.45, 7) is 1.46. The SMILES string of the molecule is Cc1cc(C(=O)Nc2ncc[nH]2)c(F)cc1F. The van der Waals surface area contributed by atoms with Gasteiger partial charge in [0.1, 0.15) is 11.6 Å². The maximum Gasteiger partial charge on any atom is 0.260 e. The number of halogens is 2. The molecule has 1 amide bonds. The number of hydrogen-bond acceptors (Lipinski definition) is 2. The molecule has 0 saturated heterocycles. The van der Waals surface area contributed by atoms with E-state index in [1.165, 1.54) is 19.3 Å². The Morgan fingerprint density at radius 3 is 2.76 bits per heavy atom. The molecule has 1 aromatic carbocycles. The van der Waals surface area contributed by atoms with Gasteiger partial charge in [0.15, 0.2) is 0 Å². The minimum Gasteiger partial charge on any atom is -0.331 e. The van der Waals surface area contributed by atoms with Gasteiger partial charge in [0.25, 0.3) is 5.91 Å². The Balaban J connectivity index is 2.28. The van der Waals surface area contributed by atoms with Crippen LogP contribution in [0.5, 0.6) is 0 Å². The molecule has 0 aliphatic rings. The summed E-state index contributed by atoms with van der Waals surface area (Å²) in [7, 11) is 0. The summed E-state index contributed by atoms with van der Waals surface area (Å²) in [4.78, 5) is 18.1. The van der Waals surface area contributed by atoms with Gasteiger partial charge >= 0.3 is 0 Å². The van der Waals surface area contributed by atoms with Gasteiger partial charge in [-0.3, -0.25) is 10.1 Å². The molecule has 2 rings (SSSR count). The number of imidazole rings is 1. The summed E-state index contributed by atoms with van der Waals surface area (Å²) in [6.07, 6.45) is 2.96. The third kappa shape index (κ3) is 2.30. The van der Waals surface area contributed by atoms with Crippen molar-refractivity contribution in [2.45, 2.75) is 6.92 Å². The van der Waals surface area contributed by atoms with E-state index in [2.05, 4.69) is 15.3 Å². The van der Waals surface area contributed by atoms with E-state index in [4.69, 9.17) is 0 Å². The van der Waals surface area contributed by atoms with Crippen LogP contribution in [-0.2, 0) is 0 Å². The van der Waals surface area contributed by atoms with E-state index in [9.17, 15) is 13.6 Å². The number of carbonyl (C=O) groups excluding carboxylic acids is 1. The molecule has 2 N–H and O–H groups in total. The fourth-order valence-corrected chi connectivity index (χ4v) is 1.34. The van der Waals surface area contributed by atoms with Crippen molar-refractivity contribution in [3.63, 3.8) is 0 Å². The second-order valence-electron chi connectivity index (χ2n) is 3.47. The first-order valence-electron chi connectivity index (χ1n) is 4.84. The maximum atomic E-state index is 13.4. The Labute approximate surface area is 95.7 Å². The topological polar surface area (TPSA) is 57.8 Å². The monoisotopic (exact) mass is 237 g/mol. The summed E-state index contributed by atoms with van der Waals surface area (Å²) >= 11 is 0. The molecule has 0 saturated carbocycles. The minimum absolute atomic E-state index is 0.205. The molecule has 0 aliphatic carbocycles. The molecular formula is C11H9F2N3O. The number of nitrogens with zero attached hydrogens (tertiary/aromatic N) is 1. The summed E-state index contributed by atoms with van der Waals surface area (Å²) in [6, 6.07) is 1.84. The first-order valence-corrected chi connectivity index (χ1v) is 4.84. The fourth-order valence-electron chi connectivity index (χ4n) is 1.34. The Kier molecular flexibility index (Phi) is 2.86. The first-order chi connectivity index (χ1) is 8.08. The summed E-state index contributed by atoms with van der Waals surface area (Å²) in [5.41, 5.74) is -0.0173. The Morgan fingerprint density at radius 1 is 1.35 bits per heavy atom. The highest BCUT2D eigenvalue weighted by molar-refractivity contribution is 6.03. The molecular weight excluding hydrogens is 228 g/mol. The third-order valence-electron chi connectivity index (χ3n) is 2.22. The summed E-state index contributed by atoms with van der Waals surface area (Å²) in [5.74, 6) is -2.06. The molecule has 0 fully saturated rings. The number of aromatic amines is 1. The van der Waals surface area contributed by atoms with Gasteiger partial charge in [-0.25, -0.2) is 13.8 Å². The predicted octanol–water partition coefficient (Wildman–Crippen LogP) is 2.25. The van der Waals surface area contributed by atoms with Gasteiger partial charge in [-0.15, -0.1) is 0 Å². The van der Waals surface area contributed by atoms with Crippen molar-refractivity contribution < 1.29 is 13.6 Å². The largest absolute Gasteiger partial charge is 0.331 e. The highest BCUT2D eigenvalue weighted by Gasteiger charge is 2.15. The average molecular weight is 237 g/mol. The van der Waals surface area contributed by atoms with Crippen LogP contribution in [0.4, 0.5) is 14.7 Å². The minimum atomic E-state index is -0.905. The molecule has 1 aromatic heterocycles. The average Bonchev–Trinajstić information content (AvgIpc) is 2.76. The molecule has 17 heavy (non-hydrogen) atoms. The van der Waals surface area contributed by atoms with E-state index in [1.54, 1.807) is 0 Å². The van der Waals surface area contributed by atoms with E-state index >= 15 is 0 Å². The van der Waals surface area contributed by atoms with Gasteiger partial charge in [-0.05, 0) is 18.6 Å². The van der Waals surface area contributed by atoms with Crippen LogP contribution < -0.4 is 5.32 Å². The van der Waals surface area contributed by atoms with Crippen LogP contribution in [0.3, 0.4) is 0 Å². The van der Waals surface area contributed by atoms with Crippen molar-refractivity contribution in [2.75, 3.05) is 5.32 Å². The van der Waals surface area contributed by atoms with Gasteiger partial charge < -0.3 is 4.98 Å². The summed E-state index contributed by atoms with van der Waals surface area (Å²) < 4.78 is 26.4. The molecule has 0 aliphatic heterocycles. The highest BCUT2D eigenvalue weighted by Crippen LogP contribution is 2.15. The number of carbonyl (C=O) groups is 1. The Hall–Kier alpha value is -2.24. The maximum absolute atomic E-state index is 13.4. The van der Waals surface area contributed by atoms with E-state index in [0.29, 0.717) is 6.07 Å². The molecule has 0 unspecified atom stereocenters. The van der Waals surface area contributed by atoms with Crippen molar-refractivity contribution in [1.82, 2.24) is 9.97 Å². The molecule has 88 valence electrons. The molecule has 0 radical (unpaired) electrons. The Morgan fingerprint density at radius 2 is 2.12 bits per heavy atom. The lowest BCUT2D eigenvalue weighted by atomic mass is 10.1. The highest BCUT2D eigenvalue weighted by atomic mass is 19.1. The number of aryl methyl sites for hydroxylation is 1. The molecule has 0 atom stereocenters. The molecule has 4 nitrogen and oxygen atoms in total. The second kappa shape index (κ2) is 4.32. The van der Waals surface area contributed by atoms with Crippen LogP contribution in [0, 0.1) is 18.6 Å². The fraction of sp³-hybridized carbons (Fsp3) is 0.0909. The van der Waals surface area contributed by atoms with E-state index in [0.717, 1.165) is 6.07 Å². The van der Waals surface area contributed by atoms with Crippen LogP contribution in [0.1, 0.15) is 15.9 Å². The van der Waals surface area contributed by atoms with E-state index in [1.807, 2.05) is 0 Å². The summed E-state index contributed by atoms with van der Waals surface area (Å²) in [5, 5.41) is 2.36. The number of hydrogen-bond donors (Lipinski definition) is 2. The number of nitrogens with one attached hydrogen (secondary N) is 2. The third-order valence-corrected chi connectivity index (χ3v) is 2.22. The van der Waals surface area contributed by atoms with Crippen molar-refractivity contribution >= 4 is 11.9 Å². The van der Waals surface area contributed by atoms with Gasteiger partial charge in [-0.2, -0.15) is 0 Å². The number of benzene rings is 1. The molecule has 1 heterocycles. The van der Waals surface area contributed by atoms with Crippen molar-refractivity contribution in [3.8, 4) is 0 Å². The van der Waals surface area contributed by atoms with E-state index in [-0.39, 0.29) is 17.1 Å². The number of anilines is 1. The molecule has 2 aromatic rings. The Bertz CT molecular complexity index is 552. The quantitative estimate of drug-likeness (QED) is 0.841. The molecule has 6 heteroatoms. The molecule has 0 spiro atoms. The van der Waals surface area contributed by atoms with Crippen molar-refractivity contribution in [2.24, 2.45) is 0 Å². The van der Waals surface area contributed by atoms with Crippen LogP contribution in [0.15, 0.2) is 24.5 Å². The second-order valence-corrected chi connectivity index (χ2v) is 3.47. The lowest BCUT2D eigenvalue weighted by Crippen LogP contribution is -2.15. The van der Waals surface area contributed by atoms with Crippen LogP contribution >= 0.6 is 0 Å². The van der Waals surface area contributed by atoms with Gasteiger partial charge in [0, 0.05) is 18.5 Å². The molecule has 0 bridgehead atoms. The number of rotatable bonds is 2. The van der Waals surface area contributed by atoms with Crippen LogP contribution in [0.2, 0.25) is 0 Å². The smallest absolute Gasteiger partial charge is 0.260 e. The van der Waals surface area contributed by atoms with E-state index < -0.39 is 17.5 Å². The normalized spacial score (nSPS) is 10.3. The van der Waals surface area contributed by atoms with Crippen molar-refractivity contribution in [1.29, 1.82) is 0 Å². The van der Waals surface area contributed by atoms with Crippen LogP contribution in [-0.4, -0.2) is 15.9 Å². The van der Waals surface area contributed by atoms with Crippen LogP contribution in [0.25, 0.3) is 0 Å².